The van der Waals surface area contributed by atoms with Crippen LogP contribution in [-0.4, -0.2) is 74.2 Å². The molecule has 0 bridgehead atoms. The van der Waals surface area contributed by atoms with Gasteiger partial charge in [-0.25, -0.2) is 9.59 Å². The second kappa shape index (κ2) is 29.0. The highest BCUT2D eigenvalue weighted by Gasteiger charge is 2.33. The van der Waals surface area contributed by atoms with Crippen LogP contribution in [-0.2, 0) is 70.1 Å². The van der Waals surface area contributed by atoms with Gasteiger partial charge in [0.15, 0.2) is 0 Å². The molecule has 0 aromatic heterocycles. The van der Waals surface area contributed by atoms with E-state index in [1.807, 2.05) is 24.3 Å². The number of ether oxygens (including phenoxy) is 8. The van der Waals surface area contributed by atoms with Crippen molar-refractivity contribution in [1.29, 1.82) is 0 Å². The van der Waals surface area contributed by atoms with Gasteiger partial charge >= 0.3 is 47.8 Å². The Labute approximate surface area is 407 Å². The Morgan fingerprint density at radius 3 is 0.957 bits per heavy atom. The van der Waals surface area contributed by atoms with Gasteiger partial charge in [-0.2, -0.15) is 0 Å². The van der Waals surface area contributed by atoms with Gasteiger partial charge in [0.05, 0.1) is 50.1 Å². The number of rotatable bonds is 26. The van der Waals surface area contributed by atoms with Crippen LogP contribution < -0.4 is 18.9 Å². The van der Waals surface area contributed by atoms with Crippen LogP contribution in [0, 0.1) is 23.7 Å². The van der Waals surface area contributed by atoms with Crippen LogP contribution in [0.25, 0.3) is 0 Å². The summed E-state index contributed by atoms with van der Waals surface area (Å²) in [4.78, 5) is 98.0. The van der Waals surface area contributed by atoms with Crippen LogP contribution in [0.2, 0.25) is 0 Å². The average Bonchev–Trinajstić information content (AvgIpc) is 3.38. The zero-order valence-corrected chi connectivity index (χ0v) is 39.5. The molecule has 16 nitrogen and oxygen atoms in total. The Hall–Kier alpha value is -7.10. The number of hydrogen-bond acceptors (Lipinski definition) is 16. The van der Waals surface area contributed by atoms with Gasteiger partial charge in [0, 0.05) is 25.0 Å². The molecule has 0 spiro atoms. The molecule has 70 heavy (non-hydrogen) atoms. The highest BCUT2D eigenvalue weighted by Crippen LogP contribution is 2.33. The SMILES string of the molecule is C=CC(=O)OCCCCOC(=O)C1CCC(C(=O)Oc2ccc(OC(=O)CCc3ccc(CCC(=O)Oc4ccc(OC(=O)C5CCC(C(=O)OCCCCOC(=O)C=C)CC5)cc4)cc3)cc2)CC1. The standard InChI is InChI=1S/C54H62O16/c1-3-47(55)63-33-5-7-35-65-51(59)39-15-19-41(20-16-39)53(61)69-45-27-23-43(24-28-45)67-49(57)31-13-37-9-11-38(12-10-37)14-32-50(58)68-44-25-29-46(30-26-44)70-54(62)42-21-17-40(18-22-42)52(60)66-36-8-6-34-64-48(56)4-2/h3-4,9-12,23-30,39-42H,1-2,5-8,13-22,31-36H2. The molecule has 0 amide bonds. The Balaban J connectivity index is 0.904. The first-order valence-electron chi connectivity index (χ1n) is 23.9. The molecule has 2 aliphatic carbocycles. The fraction of sp³-hybridized carbons (Fsp3) is 0.444. The van der Waals surface area contributed by atoms with Crippen LogP contribution >= 0.6 is 0 Å². The molecular weight excluding hydrogens is 905 g/mol. The molecule has 2 saturated carbocycles. The quantitative estimate of drug-likeness (QED) is 0.0243. The molecule has 2 fully saturated rings. The number of carbonyl (C=O) groups is 8. The van der Waals surface area contributed by atoms with Crippen LogP contribution in [0.15, 0.2) is 98.1 Å². The van der Waals surface area contributed by atoms with Crippen LogP contribution in [0.1, 0.15) is 101 Å². The second-order valence-electron chi connectivity index (χ2n) is 17.1. The molecule has 0 atom stereocenters. The molecule has 16 heteroatoms. The second-order valence-corrected chi connectivity index (χ2v) is 17.1. The molecule has 0 aliphatic heterocycles. The monoisotopic (exact) mass is 966 g/mol. The van der Waals surface area contributed by atoms with Crippen molar-refractivity contribution in [3.8, 4) is 23.0 Å². The molecule has 0 radical (unpaired) electrons. The summed E-state index contributed by atoms with van der Waals surface area (Å²) in [6.07, 6.45) is 9.70. The summed E-state index contributed by atoms with van der Waals surface area (Å²) in [7, 11) is 0. The number of unbranched alkanes of at least 4 members (excludes halogenated alkanes) is 2. The van der Waals surface area contributed by atoms with Gasteiger partial charge in [0.2, 0.25) is 0 Å². The molecule has 374 valence electrons. The third kappa shape index (κ3) is 19.1. The van der Waals surface area contributed by atoms with E-state index < -0.39 is 23.9 Å². The van der Waals surface area contributed by atoms with Gasteiger partial charge in [-0.1, -0.05) is 37.4 Å². The van der Waals surface area contributed by atoms with E-state index in [1.165, 1.54) is 0 Å². The van der Waals surface area contributed by atoms with Crippen molar-refractivity contribution in [2.75, 3.05) is 26.4 Å². The van der Waals surface area contributed by atoms with Gasteiger partial charge in [0.1, 0.15) is 23.0 Å². The predicted molar refractivity (Wildman–Crippen MR) is 252 cm³/mol. The summed E-state index contributed by atoms with van der Waals surface area (Å²) in [5.41, 5.74) is 1.83. The molecule has 3 aromatic rings. The fourth-order valence-corrected chi connectivity index (χ4v) is 7.86. The highest BCUT2D eigenvalue weighted by atomic mass is 16.6. The summed E-state index contributed by atoms with van der Waals surface area (Å²) in [6.45, 7) is 7.61. The lowest BCUT2D eigenvalue weighted by Gasteiger charge is -2.25. The Kier molecular flexibility index (Phi) is 22.3. The summed E-state index contributed by atoms with van der Waals surface area (Å²) in [6, 6.07) is 20.0. The van der Waals surface area contributed by atoms with Crippen LogP contribution in [0.3, 0.4) is 0 Å². The number of hydrogen-bond donors (Lipinski definition) is 0. The lowest BCUT2D eigenvalue weighted by molar-refractivity contribution is -0.152. The normalized spacial score (nSPS) is 17.4. The van der Waals surface area contributed by atoms with Crippen molar-refractivity contribution < 1.29 is 76.3 Å². The topological polar surface area (TPSA) is 210 Å². The largest absolute Gasteiger partial charge is 0.465 e. The van der Waals surface area contributed by atoms with Crippen molar-refractivity contribution in [3.63, 3.8) is 0 Å². The number of esters is 8. The minimum Gasteiger partial charge on any atom is -0.465 e. The number of aryl methyl sites for hydroxylation is 2. The zero-order chi connectivity index (χ0) is 50.1. The van der Waals surface area contributed by atoms with Gasteiger partial charge < -0.3 is 37.9 Å². The molecule has 2 aliphatic rings. The number of carbonyl (C=O) groups excluding carboxylic acids is 8. The molecule has 0 N–H and O–H groups in total. The number of benzene rings is 3. The zero-order valence-electron chi connectivity index (χ0n) is 39.5. The predicted octanol–water partition coefficient (Wildman–Crippen LogP) is 8.29. The van der Waals surface area contributed by atoms with E-state index in [9.17, 15) is 38.4 Å². The minimum absolute atomic E-state index is 0.130. The summed E-state index contributed by atoms with van der Waals surface area (Å²) < 4.78 is 42.6. The summed E-state index contributed by atoms with van der Waals surface area (Å²) in [5.74, 6) is -3.14. The first-order chi connectivity index (χ1) is 33.9. The van der Waals surface area contributed by atoms with Gasteiger partial charge in [-0.15, -0.1) is 0 Å². The van der Waals surface area contributed by atoms with Crippen molar-refractivity contribution in [2.45, 2.75) is 103 Å². The molecule has 0 saturated heterocycles. The smallest absolute Gasteiger partial charge is 0.330 e. The van der Waals surface area contributed by atoms with Gasteiger partial charge in [0.25, 0.3) is 0 Å². The lowest BCUT2D eigenvalue weighted by Crippen LogP contribution is -2.29. The van der Waals surface area contributed by atoms with E-state index >= 15 is 0 Å². The third-order valence-electron chi connectivity index (χ3n) is 12.0. The maximum absolute atomic E-state index is 12.8. The Morgan fingerprint density at radius 2 is 0.657 bits per heavy atom. The van der Waals surface area contributed by atoms with E-state index in [2.05, 4.69) is 13.2 Å². The summed E-state index contributed by atoms with van der Waals surface area (Å²) in [5, 5.41) is 0. The molecule has 0 unspecified atom stereocenters. The average molecular weight is 967 g/mol. The van der Waals surface area contributed by atoms with E-state index in [-0.39, 0.29) is 86.8 Å². The van der Waals surface area contributed by atoms with Crippen molar-refractivity contribution in [2.24, 2.45) is 23.7 Å². The van der Waals surface area contributed by atoms with E-state index in [1.54, 1.807) is 48.5 Å². The first kappa shape index (κ1) is 53.8. The van der Waals surface area contributed by atoms with E-state index in [4.69, 9.17) is 37.9 Å². The molecule has 0 heterocycles. The van der Waals surface area contributed by atoms with Crippen molar-refractivity contribution in [3.05, 3.63) is 109 Å². The first-order valence-corrected chi connectivity index (χ1v) is 23.9. The molecular formula is C54H62O16. The maximum Gasteiger partial charge on any atom is 0.330 e. The Morgan fingerprint density at radius 1 is 0.386 bits per heavy atom. The van der Waals surface area contributed by atoms with Crippen molar-refractivity contribution >= 4 is 47.8 Å². The Bertz CT molecular complexity index is 2070. The third-order valence-corrected chi connectivity index (χ3v) is 12.0. The maximum atomic E-state index is 12.8. The van der Waals surface area contributed by atoms with Gasteiger partial charge in [-0.3, -0.25) is 28.8 Å². The van der Waals surface area contributed by atoms with Crippen LogP contribution in [0.4, 0.5) is 0 Å². The highest BCUT2D eigenvalue weighted by molar-refractivity contribution is 5.82. The fourth-order valence-electron chi connectivity index (χ4n) is 7.86. The van der Waals surface area contributed by atoms with Crippen molar-refractivity contribution in [1.82, 2.24) is 0 Å². The van der Waals surface area contributed by atoms with E-state index in [0.29, 0.717) is 113 Å². The van der Waals surface area contributed by atoms with Crippen LogP contribution in [0.5, 0.6) is 23.0 Å². The minimum atomic E-state index is -0.488. The summed E-state index contributed by atoms with van der Waals surface area (Å²) >= 11 is 0. The molecule has 5 rings (SSSR count). The van der Waals surface area contributed by atoms with Gasteiger partial charge in [-0.05, 0) is 150 Å². The lowest BCUT2D eigenvalue weighted by atomic mass is 9.82. The molecule has 3 aromatic carbocycles. The van der Waals surface area contributed by atoms with E-state index in [0.717, 1.165) is 23.3 Å².